The molecule has 1 atom stereocenters. The fourth-order valence-corrected chi connectivity index (χ4v) is 5.03. The highest BCUT2D eigenvalue weighted by molar-refractivity contribution is 5.94. The van der Waals surface area contributed by atoms with E-state index < -0.39 is 48.8 Å². The first-order chi connectivity index (χ1) is 21.5. The lowest BCUT2D eigenvalue weighted by Crippen LogP contribution is -2.53. The number of aliphatic carboxylic acids is 2. The van der Waals surface area contributed by atoms with Crippen molar-refractivity contribution < 1.29 is 29.4 Å². The number of guanidine groups is 1. The van der Waals surface area contributed by atoms with Gasteiger partial charge in [0.25, 0.3) is 0 Å². The highest BCUT2D eigenvalue weighted by atomic mass is 16.4. The average Bonchev–Trinajstić information content (AvgIpc) is 3.00. The van der Waals surface area contributed by atoms with E-state index in [0.717, 1.165) is 16.2 Å². The summed E-state index contributed by atoms with van der Waals surface area (Å²) in [5.41, 5.74) is 14.0. The van der Waals surface area contributed by atoms with E-state index in [0.29, 0.717) is 11.1 Å². The Hall–Kier alpha value is -5.39. The van der Waals surface area contributed by atoms with Crippen LogP contribution in [-0.2, 0) is 25.7 Å². The monoisotopic (exact) mass is 616 g/mol. The Bertz CT molecular complexity index is 1400. The van der Waals surface area contributed by atoms with E-state index in [1.54, 1.807) is 0 Å². The Balaban J connectivity index is 2.18. The van der Waals surface area contributed by atoms with Crippen LogP contribution < -0.4 is 16.4 Å². The molecule has 3 aromatic carbocycles. The Labute approximate surface area is 262 Å². The SMILES string of the molecule is CN(C)c1ccc(CN(C(=O)C(c2ccccc2)c2ccccc2)[C@@H](CCCN=C(N)N)C(=O)N(CC(=O)O)CC(=O)O)cc1. The van der Waals surface area contributed by atoms with Gasteiger partial charge in [0.1, 0.15) is 19.1 Å². The largest absolute Gasteiger partial charge is 0.480 e. The van der Waals surface area contributed by atoms with Gasteiger partial charge in [-0.05, 0) is 41.7 Å². The normalized spacial score (nSPS) is 11.4. The van der Waals surface area contributed by atoms with Crippen LogP contribution in [0, 0.1) is 0 Å². The molecule has 238 valence electrons. The van der Waals surface area contributed by atoms with Crippen LogP contribution in [0.4, 0.5) is 5.69 Å². The van der Waals surface area contributed by atoms with Gasteiger partial charge in [0, 0.05) is 32.9 Å². The van der Waals surface area contributed by atoms with Crippen LogP contribution in [-0.4, -0.2) is 89.5 Å². The van der Waals surface area contributed by atoms with Crippen LogP contribution >= 0.6 is 0 Å². The molecule has 12 nitrogen and oxygen atoms in total. The zero-order valence-electron chi connectivity index (χ0n) is 25.5. The number of benzene rings is 3. The van der Waals surface area contributed by atoms with E-state index in [2.05, 4.69) is 4.99 Å². The number of hydrogen-bond acceptors (Lipinski definition) is 6. The van der Waals surface area contributed by atoms with Gasteiger partial charge in [0.05, 0.1) is 5.92 Å². The van der Waals surface area contributed by atoms with Crippen molar-refractivity contribution >= 4 is 35.4 Å². The van der Waals surface area contributed by atoms with Gasteiger partial charge >= 0.3 is 11.9 Å². The number of carboxylic acid groups (broad SMARTS) is 2. The zero-order valence-corrected chi connectivity index (χ0v) is 25.5. The number of nitrogens with zero attached hydrogens (tertiary/aromatic N) is 4. The van der Waals surface area contributed by atoms with Gasteiger partial charge in [0.2, 0.25) is 11.8 Å². The molecule has 3 rings (SSSR count). The van der Waals surface area contributed by atoms with Gasteiger partial charge in [-0.15, -0.1) is 0 Å². The van der Waals surface area contributed by atoms with Crippen molar-refractivity contribution in [3.63, 3.8) is 0 Å². The molecule has 2 amide bonds. The molecule has 0 bridgehead atoms. The number of carbonyl (C=O) groups excluding carboxylic acids is 2. The molecule has 0 spiro atoms. The van der Waals surface area contributed by atoms with Crippen LogP contribution in [0.25, 0.3) is 0 Å². The third-order valence-corrected chi connectivity index (χ3v) is 7.16. The third kappa shape index (κ3) is 10.1. The molecule has 0 heterocycles. The number of anilines is 1. The van der Waals surface area contributed by atoms with E-state index in [1.165, 1.54) is 4.90 Å². The summed E-state index contributed by atoms with van der Waals surface area (Å²) in [6, 6.07) is 24.5. The number of carbonyl (C=O) groups is 4. The minimum atomic E-state index is -1.38. The van der Waals surface area contributed by atoms with Crippen LogP contribution in [0.1, 0.15) is 35.4 Å². The number of aliphatic imine (C=N–C) groups is 1. The number of nitrogens with two attached hydrogens (primary N) is 2. The maximum atomic E-state index is 14.8. The molecule has 45 heavy (non-hydrogen) atoms. The highest BCUT2D eigenvalue weighted by Crippen LogP contribution is 2.30. The molecule has 3 aromatic rings. The first-order valence-corrected chi connectivity index (χ1v) is 14.4. The second-order valence-corrected chi connectivity index (χ2v) is 10.7. The van der Waals surface area contributed by atoms with Gasteiger partial charge in [-0.2, -0.15) is 0 Å². The molecule has 0 aliphatic carbocycles. The first-order valence-electron chi connectivity index (χ1n) is 14.4. The minimum Gasteiger partial charge on any atom is -0.480 e. The van der Waals surface area contributed by atoms with Gasteiger partial charge in [0.15, 0.2) is 5.96 Å². The molecule has 12 heteroatoms. The van der Waals surface area contributed by atoms with Crippen LogP contribution in [0.15, 0.2) is 89.9 Å². The van der Waals surface area contributed by atoms with Gasteiger partial charge in [-0.25, -0.2) is 0 Å². The maximum absolute atomic E-state index is 14.8. The Morgan fingerprint density at radius 3 is 1.71 bits per heavy atom. The molecule has 0 aliphatic heterocycles. The number of amides is 2. The molecule has 0 aliphatic rings. The number of carboxylic acids is 2. The zero-order chi connectivity index (χ0) is 32.9. The lowest BCUT2D eigenvalue weighted by Gasteiger charge is -2.36. The summed E-state index contributed by atoms with van der Waals surface area (Å²) in [6.07, 6.45) is 0.302. The highest BCUT2D eigenvalue weighted by Gasteiger charge is 2.38. The second kappa shape index (κ2) is 16.5. The van der Waals surface area contributed by atoms with Crippen LogP contribution in [0.3, 0.4) is 0 Å². The summed E-state index contributed by atoms with van der Waals surface area (Å²) >= 11 is 0. The molecular weight excluding hydrogens is 576 g/mol. The van der Waals surface area contributed by atoms with Crippen LogP contribution in [0.5, 0.6) is 0 Å². The van der Waals surface area contributed by atoms with Crippen molar-refractivity contribution in [2.24, 2.45) is 16.5 Å². The molecular formula is C33H40N6O6. The molecule has 0 fully saturated rings. The molecule has 6 N–H and O–H groups in total. The van der Waals surface area contributed by atoms with Crippen molar-refractivity contribution in [1.29, 1.82) is 0 Å². The standard InChI is InChI=1S/C33H40N6O6/c1-37(2)26-17-15-23(16-18-26)20-39(32(45)30(24-10-5-3-6-11-24)25-12-7-4-8-13-25)27(14-9-19-36-33(34)35)31(44)38(21-28(40)41)22-29(42)43/h3-8,10-13,15-18,27,30H,9,14,19-22H2,1-2H3,(H,40,41)(H,42,43)(H4,34,35,36)/t27-/m0/s1. The lowest BCUT2D eigenvalue weighted by molar-refractivity contribution is -0.154. The molecule has 0 aromatic heterocycles. The van der Waals surface area contributed by atoms with Crippen LogP contribution in [0.2, 0.25) is 0 Å². The Morgan fingerprint density at radius 1 is 0.756 bits per heavy atom. The smallest absolute Gasteiger partial charge is 0.323 e. The maximum Gasteiger partial charge on any atom is 0.323 e. The van der Waals surface area contributed by atoms with Gasteiger partial charge < -0.3 is 36.4 Å². The van der Waals surface area contributed by atoms with E-state index in [-0.39, 0.29) is 31.9 Å². The topological polar surface area (TPSA) is 183 Å². The summed E-state index contributed by atoms with van der Waals surface area (Å²) in [6.45, 7) is -1.56. The fourth-order valence-electron chi connectivity index (χ4n) is 5.03. The quantitative estimate of drug-likeness (QED) is 0.107. The summed E-state index contributed by atoms with van der Waals surface area (Å²) in [7, 11) is 3.81. The van der Waals surface area contributed by atoms with Crippen molar-refractivity contribution in [3.05, 3.63) is 102 Å². The van der Waals surface area contributed by atoms with E-state index >= 15 is 0 Å². The second-order valence-electron chi connectivity index (χ2n) is 10.7. The van der Waals surface area contributed by atoms with E-state index in [9.17, 15) is 29.4 Å². The number of hydrogen-bond donors (Lipinski definition) is 4. The average molecular weight is 617 g/mol. The van der Waals surface area contributed by atoms with Crippen molar-refractivity contribution in [1.82, 2.24) is 9.80 Å². The first kappa shape index (κ1) is 34.1. The molecule has 0 saturated carbocycles. The predicted molar refractivity (Wildman–Crippen MR) is 172 cm³/mol. The molecule has 0 unspecified atom stereocenters. The summed E-state index contributed by atoms with van der Waals surface area (Å²) < 4.78 is 0. The van der Waals surface area contributed by atoms with E-state index in [4.69, 9.17) is 11.5 Å². The van der Waals surface area contributed by atoms with Crippen molar-refractivity contribution in [2.45, 2.75) is 31.3 Å². The van der Waals surface area contributed by atoms with Gasteiger partial charge in [-0.1, -0.05) is 72.8 Å². The summed E-state index contributed by atoms with van der Waals surface area (Å²) in [4.78, 5) is 60.4. The lowest BCUT2D eigenvalue weighted by atomic mass is 9.89. The fraction of sp³-hybridized carbons (Fsp3) is 0.303. The third-order valence-electron chi connectivity index (χ3n) is 7.16. The Kier molecular flexibility index (Phi) is 12.5. The molecule has 0 radical (unpaired) electrons. The van der Waals surface area contributed by atoms with E-state index in [1.807, 2.05) is 104 Å². The Morgan fingerprint density at radius 2 is 1.27 bits per heavy atom. The predicted octanol–water partition coefficient (Wildman–Crippen LogP) is 2.33. The summed E-state index contributed by atoms with van der Waals surface area (Å²) in [5, 5.41) is 19.1. The van der Waals surface area contributed by atoms with Crippen molar-refractivity contribution in [2.75, 3.05) is 38.6 Å². The molecule has 0 saturated heterocycles. The minimum absolute atomic E-state index is 0.00457. The summed E-state index contributed by atoms with van der Waals surface area (Å²) in [5.74, 6) is -4.93. The number of rotatable bonds is 16. The van der Waals surface area contributed by atoms with Crippen molar-refractivity contribution in [3.8, 4) is 0 Å². The van der Waals surface area contributed by atoms with Gasteiger partial charge in [-0.3, -0.25) is 24.2 Å².